The highest BCUT2D eigenvalue weighted by atomic mass is 35.5. The van der Waals surface area contributed by atoms with Gasteiger partial charge in [-0.25, -0.2) is 4.79 Å². The van der Waals surface area contributed by atoms with Crippen LogP contribution in [0.5, 0.6) is 11.5 Å². The first-order chi connectivity index (χ1) is 10.1. The van der Waals surface area contributed by atoms with E-state index >= 15 is 0 Å². The molecular weight excluding hydrogens is 311 g/mol. The molecule has 5 heteroatoms. The van der Waals surface area contributed by atoms with Crippen LogP contribution in [0, 0.1) is 0 Å². The third-order valence-electron chi connectivity index (χ3n) is 2.64. The number of hydrogen-bond acceptors (Lipinski definition) is 3. The van der Waals surface area contributed by atoms with Gasteiger partial charge in [0.05, 0.1) is 12.1 Å². The van der Waals surface area contributed by atoms with Gasteiger partial charge in [-0.2, -0.15) is 0 Å². The quantitative estimate of drug-likeness (QED) is 0.468. The lowest BCUT2D eigenvalue weighted by molar-refractivity contribution is -0.128. The van der Waals surface area contributed by atoms with E-state index in [2.05, 4.69) is 0 Å². The van der Waals surface area contributed by atoms with Crippen LogP contribution in [0.4, 0.5) is 0 Å². The SMILES string of the molecule is COc1ccccc1/C=C/C(=O)Oc1ccc(Cl)cc1Cl. The highest BCUT2D eigenvalue weighted by Crippen LogP contribution is 2.27. The minimum Gasteiger partial charge on any atom is -0.496 e. The fraction of sp³-hybridized carbons (Fsp3) is 0.0625. The first kappa shape index (κ1) is 15.4. The lowest BCUT2D eigenvalue weighted by atomic mass is 10.2. The Morgan fingerprint density at radius 3 is 2.57 bits per heavy atom. The molecule has 0 spiro atoms. The van der Waals surface area contributed by atoms with Gasteiger partial charge in [0.25, 0.3) is 0 Å². The number of ether oxygens (including phenoxy) is 2. The van der Waals surface area contributed by atoms with E-state index in [1.165, 1.54) is 12.1 Å². The smallest absolute Gasteiger partial charge is 0.336 e. The molecule has 108 valence electrons. The van der Waals surface area contributed by atoms with Crippen molar-refractivity contribution in [2.24, 2.45) is 0 Å². The topological polar surface area (TPSA) is 35.5 Å². The van der Waals surface area contributed by atoms with Gasteiger partial charge in [-0.05, 0) is 30.3 Å². The monoisotopic (exact) mass is 322 g/mol. The Morgan fingerprint density at radius 1 is 1.10 bits per heavy atom. The lowest BCUT2D eigenvalue weighted by Crippen LogP contribution is -2.04. The summed E-state index contributed by atoms with van der Waals surface area (Å²) in [5, 5.41) is 0.755. The van der Waals surface area contributed by atoms with E-state index in [0.717, 1.165) is 5.56 Å². The average molecular weight is 323 g/mol. The molecule has 0 heterocycles. The summed E-state index contributed by atoms with van der Waals surface area (Å²) in [6.07, 6.45) is 2.92. The predicted molar refractivity (Wildman–Crippen MR) is 84.1 cm³/mol. The fourth-order valence-corrected chi connectivity index (χ4v) is 2.11. The van der Waals surface area contributed by atoms with Crippen molar-refractivity contribution in [3.05, 3.63) is 64.1 Å². The van der Waals surface area contributed by atoms with Gasteiger partial charge in [0, 0.05) is 16.7 Å². The second-order valence-electron chi connectivity index (χ2n) is 4.07. The van der Waals surface area contributed by atoms with E-state index in [1.54, 1.807) is 31.4 Å². The van der Waals surface area contributed by atoms with Gasteiger partial charge in [-0.1, -0.05) is 41.4 Å². The van der Waals surface area contributed by atoms with Crippen LogP contribution < -0.4 is 9.47 Å². The molecule has 0 N–H and O–H groups in total. The molecule has 0 aliphatic rings. The first-order valence-corrected chi connectivity index (χ1v) is 6.83. The van der Waals surface area contributed by atoms with Crippen LogP contribution in [0.3, 0.4) is 0 Å². The van der Waals surface area contributed by atoms with E-state index in [1.807, 2.05) is 18.2 Å². The van der Waals surface area contributed by atoms with Crippen molar-refractivity contribution in [3.63, 3.8) is 0 Å². The Bertz CT molecular complexity index is 681. The molecule has 0 aliphatic heterocycles. The van der Waals surface area contributed by atoms with Crippen molar-refractivity contribution >= 4 is 35.2 Å². The van der Waals surface area contributed by atoms with E-state index in [4.69, 9.17) is 32.7 Å². The van der Waals surface area contributed by atoms with Crippen LogP contribution in [0.1, 0.15) is 5.56 Å². The number of rotatable bonds is 4. The summed E-state index contributed by atoms with van der Waals surface area (Å²) in [4.78, 5) is 11.8. The fourth-order valence-electron chi connectivity index (χ4n) is 1.66. The molecule has 0 unspecified atom stereocenters. The Balaban J connectivity index is 2.09. The highest BCUT2D eigenvalue weighted by Gasteiger charge is 2.06. The molecule has 2 aromatic carbocycles. The molecule has 0 aromatic heterocycles. The minimum absolute atomic E-state index is 0.260. The Morgan fingerprint density at radius 2 is 1.86 bits per heavy atom. The normalized spacial score (nSPS) is 10.6. The first-order valence-electron chi connectivity index (χ1n) is 6.08. The van der Waals surface area contributed by atoms with Crippen LogP contribution in [-0.4, -0.2) is 13.1 Å². The Labute approximate surface area is 132 Å². The number of methoxy groups -OCH3 is 1. The minimum atomic E-state index is -0.537. The van der Waals surface area contributed by atoms with E-state index < -0.39 is 5.97 Å². The summed E-state index contributed by atoms with van der Waals surface area (Å²) >= 11 is 11.7. The van der Waals surface area contributed by atoms with Crippen molar-refractivity contribution in [3.8, 4) is 11.5 Å². The molecule has 0 radical (unpaired) electrons. The van der Waals surface area contributed by atoms with Gasteiger partial charge < -0.3 is 9.47 Å². The molecule has 3 nitrogen and oxygen atoms in total. The number of carbonyl (C=O) groups excluding carboxylic acids is 1. The molecular formula is C16H12Cl2O3. The zero-order valence-corrected chi connectivity index (χ0v) is 12.7. The van der Waals surface area contributed by atoms with Gasteiger partial charge in [-0.15, -0.1) is 0 Å². The van der Waals surface area contributed by atoms with Crippen LogP contribution >= 0.6 is 23.2 Å². The summed E-state index contributed by atoms with van der Waals surface area (Å²) in [5.74, 6) is 0.395. The lowest BCUT2D eigenvalue weighted by Gasteiger charge is -2.05. The van der Waals surface area contributed by atoms with Crippen molar-refractivity contribution < 1.29 is 14.3 Å². The summed E-state index contributed by atoms with van der Waals surface area (Å²) < 4.78 is 10.3. The van der Waals surface area contributed by atoms with Gasteiger partial charge >= 0.3 is 5.97 Å². The van der Waals surface area contributed by atoms with Crippen LogP contribution in [0.15, 0.2) is 48.5 Å². The molecule has 21 heavy (non-hydrogen) atoms. The second-order valence-corrected chi connectivity index (χ2v) is 4.91. The maximum atomic E-state index is 11.8. The molecule has 0 fully saturated rings. The zero-order chi connectivity index (χ0) is 15.2. The third-order valence-corrected chi connectivity index (χ3v) is 3.17. The summed E-state index contributed by atoms with van der Waals surface area (Å²) in [7, 11) is 1.57. The van der Waals surface area contributed by atoms with Crippen molar-refractivity contribution in [2.45, 2.75) is 0 Å². The van der Waals surface area contributed by atoms with Crippen LogP contribution in [-0.2, 0) is 4.79 Å². The van der Waals surface area contributed by atoms with Gasteiger partial charge in [0.1, 0.15) is 11.5 Å². The predicted octanol–water partition coefficient (Wildman–Crippen LogP) is 4.62. The summed E-state index contributed by atoms with van der Waals surface area (Å²) in [6.45, 7) is 0. The summed E-state index contributed by atoms with van der Waals surface area (Å²) in [5.41, 5.74) is 0.777. The maximum absolute atomic E-state index is 11.8. The van der Waals surface area contributed by atoms with E-state index in [9.17, 15) is 4.79 Å². The van der Waals surface area contributed by atoms with Crippen molar-refractivity contribution in [2.75, 3.05) is 7.11 Å². The molecule has 0 aliphatic carbocycles. The average Bonchev–Trinajstić information content (AvgIpc) is 2.48. The summed E-state index contributed by atoms with van der Waals surface area (Å²) in [6, 6.07) is 12.0. The van der Waals surface area contributed by atoms with Gasteiger partial charge in [-0.3, -0.25) is 0 Å². The number of halogens is 2. The molecule has 0 atom stereocenters. The molecule has 2 aromatic rings. The van der Waals surface area contributed by atoms with Crippen LogP contribution in [0.2, 0.25) is 10.0 Å². The van der Waals surface area contributed by atoms with Gasteiger partial charge in [0.2, 0.25) is 0 Å². The second kappa shape index (κ2) is 7.16. The molecule has 0 saturated carbocycles. The van der Waals surface area contributed by atoms with Crippen molar-refractivity contribution in [1.29, 1.82) is 0 Å². The Kier molecular flexibility index (Phi) is 5.26. The standard InChI is InChI=1S/C16H12Cl2O3/c1-20-14-5-3-2-4-11(14)6-9-16(19)21-15-8-7-12(17)10-13(15)18/h2-10H,1H3/b9-6+. The van der Waals surface area contributed by atoms with Crippen molar-refractivity contribution in [1.82, 2.24) is 0 Å². The highest BCUT2D eigenvalue weighted by molar-refractivity contribution is 6.35. The van der Waals surface area contributed by atoms with E-state index in [0.29, 0.717) is 10.8 Å². The zero-order valence-electron chi connectivity index (χ0n) is 11.2. The largest absolute Gasteiger partial charge is 0.496 e. The van der Waals surface area contributed by atoms with Gasteiger partial charge in [0.15, 0.2) is 0 Å². The number of para-hydroxylation sites is 1. The molecule has 2 rings (SSSR count). The third kappa shape index (κ3) is 4.25. The Hall–Kier alpha value is -1.97. The maximum Gasteiger partial charge on any atom is 0.336 e. The molecule has 0 bridgehead atoms. The molecule has 0 saturated heterocycles. The number of esters is 1. The number of carbonyl (C=O) groups is 1. The molecule has 0 amide bonds. The number of hydrogen-bond donors (Lipinski definition) is 0. The van der Waals surface area contributed by atoms with Crippen LogP contribution in [0.25, 0.3) is 6.08 Å². The number of benzene rings is 2. The van der Waals surface area contributed by atoms with E-state index in [-0.39, 0.29) is 10.8 Å².